The number of halogens is 3. The van der Waals surface area contributed by atoms with E-state index in [9.17, 15) is 13.2 Å². The minimum Gasteiger partial charge on any atom is -0.480 e. The maximum Gasteiger partial charge on any atom is 0.418 e. The number of hydrogen-bond acceptors (Lipinski definition) is 6. The quantitative estimate of drug-likeness (QED) is 0.860. The lowest BCUT2D eigenvalue weighted by molar-refractivity contribution is -0.137. The summed E-state index contributed by atoms with van der Waals surface area (Å²) in [7, 11) is 2.95. The predicted molar refractivity (Wildman–Crippen MR) is 63.7 cm³/mol. The summed E-state index contributed by atoms with van der Waals surface area (Å²) < 4.78 is 42.7. The van der Waals surface area contributed by atoms with Gasteiger partial charge in [0.15, 0.2) is 11.6 Å². The van der Waals surface area contributed by atoms with Gasteiger partial charge in [0.1, 0.15) is 0 Å². The number of anilines is 2. The van der Waals surface area contributed by atoms with Crippen LogP contribution in [0.2, 0.25) is 0 Å². The van der Waals surface area contributed by atoms with Crippen molar-refractivity contribution in [2.45, 2.75) is 6.18 Å². The summed E-state index contributed by atoms with van der Waals surface area (Å²) in [4.78, 5) is 9.27. The second-order valence-electron chi connectivity index (χ2n) is 3.78. The predicted octanol–water partition coefficient (Wildman–Crippen LogP) is 2.06. The third kappa shape index (κ3) is 2.92. The van der Waals surface area contributed by atoms with Gasteiger partial charge in [-0.15, -0.1) is 5.10 Å². The zero-order chi connectivity index (χ0) is 14.8. The highest BCUT2D eigenvalue weighted by atomic mass is 19.4. The molecule has 2 aromatic rings. The third-order valence-electron chi connectivity index (χ3n) is 2.48. The molecular weight excluding hydrogens is 275 g/mol. The van der Waals surface area contributed by atoms with Crippen LogP contribution in [-0.4, -0.2) is 34.3 Å². The van der Waals surface area contributed by atoms with Gasteiger partial charge in [0, 0.05) is 7.05 Å². The zero-order valence-electron chi connectivity index (χ0n) is 10.6. The number of hydrogen-bond donors (Lipinski definition) is 0. The first-order chi connectivity index (χ1) is 9.41. The molecule has 0 spiro atoms. The minimum atomic E-state index is -4.48. The van der Waals surface area contributed by atoms with Crippen molar-refractivity contribution in [3.63, 3.8) is 0 Å². The van der Waals surface area contributed by atoms with E-state index >= 15 is 0 Å². The molecule has 0 unspecified atom stereocenters. The molecular formula is C11H10F3N5O. The van der Waals surface area contributed by atoms with Gasteiger partial charge < -0.3 is 9.64 Å². The highest BCUT2D eigenvalue weighted by Crippen LogP contribution is 2.30. The largest absolute Gasteiger partial charge is 0.480 e. The fourth-order valence-corrected chi connectivity index (χ4v) is 1.38. The molecule has 0 aliphatic heterocycles. The average molecular weight is 285 g/mol. The van der Waals surface area contributed by atoms with Crippen LogP contribution >= 0.6 is 0 Å². The zero-order valence-corrected chi connectivity index (χ0v) is 10.6. The van der Waals surface area contributed by atoms with E-state index in [0.717, 1.165) is 6.07 Å². The molecule has 0 saturated heterocycles. The van der Waals surface area contributed by atoms with Gasteiger partial charge in [-0.2, -0.15) is 18.3 Å². The molecule has 106 valence electrons. The Balaban J connectivity index is 2.30. The maximum atomic E-state index is 12.6. The van der Waals surface area contributed by atoms with Gasteiger partial charge in [-0.1, -0.05) is 0 Å². The topological polar surface area (TPSA) is 64.0 Å². The molecule has 0 saturated carbocycles. The van der Waals surface area contributed by atoms with Crippen molar-refractivity contribution in [1.29, 1.82) is 0 Å². The average Bonchev–Trinajstić information content (AvgIpc) is 2.46. The Bertz CT molecular complexity index is 587. The second-order valence-corrected chi connectivity index (χ2v) is 3.78. The Morgan fingerprint density at radius 2 is 1.85 bits per heavy atom. The Morgan fingerprint density at radius 3 is 2.40 bits per heavy atom. The molecule has 0 fully saturated rings. The number of nitrogens with zero attached hydrogens (tertiary/aromatic N) is 5. The number of alkyl halides is 3. The molecule has 0 bridgehead atoms. The summed E-state index contributed by atoms with van der Waals surface area (Å²) in [6, 6.07) is 0.888. The van der Waals surface area contributed by atoms with Crippen LogP contribution in [0.3, 0.4) is 0 Å². The highest BCUT2D eigenvalue weighted by Gasteiger charge is 2.31. The molecule has 0 aliphatic rings. The Morgan fingerprint density at radius 1 is 1.10 bits per heavy atom. The van der Waals surface area contributed by atoms with E-state index in [2.05, 4.69) is 20.2 Å². The van der Waals surface area contributed by atoms with Crippen LogP contribution in [0.25, 0.3) is 0 Å². The van der Waals surface area contributed by atoms with Crippen molar-refractivity contribution in [3.8, 4) is 5.88 Å². The minimum absolute atomic E-state index is 0.0132. The van der Waals surface area contributed by atoms with E-state index < -0.39 is 11.7 Å². The molecule has 0 aliphatic carbocycles. The van der Waals surface area contributed by atoms with Gasteiger partial charge in [-0.05, 0) is 6.07 Å². The molecule has 20 heavy (non-hydrogen) atoms. The summed E-state index contributed by atoms with van der Waals surface area (Å²) in [6.45, 7) is 0. The van der Waals surface area contributed by atoms with Crippen LogP contribution in [-0.2, 0) is 6.18 Å². The molecule has 0 atom stereocenters. The van der Waals surface area contributed by atoms with E-state index in [-0.39, 0.29) is 5.82 Å². The fraction of sp³-hybridized carbons (Fsp3) is 0.273. The molecule has 2 aromatic heterocycles. The number of methoxy groups -OCH3 is 1. The van der Waals surface area contributed by atoms with E-state index in [1.807, 2.05) is 0 Å². The van der Waals surface area contributed by atoms with E-state index in [1.54, 1.807) is 0 Å². The van der Waals surface area contributed by atoms with Crippen LogP contribution in [0.1, 0.15) is 5.56 Å². The molecule has 2 rings (SSSR count). The van der Waals surface area contributed by atoms with Crippen LogP contribution in [0.5, 0.6) is 5.88 Å². The number of ether oxygens (including phenoxy) is 1. The van der Waals surface area contributed by atoms with Crippen molar-refractivity contribution < 1.29 is 17.9 Å². The van der Waals surface area contributed by atoms with Crippen LogP contribution in [0, 0.1) is 0 Å². The van der Waals surface area contributed by atoms with Crippen molar-refractivity contribution in [2.24, 2.45) is 0 Å². The third-order valence-corrected chi connectivity index (χ3v) is 2.48. The van der Waals surface area contributed by atoms with Crippen molar-refractivity contribution >= 4 is 11.6 Å². The summed E-state index contributed by atoms with van der Waals surface area (Å²) >= 11 is 0. The van der Waals surface area contributed by atoms with Gasteiger partial charge in [-0.25, -0.2) is 9.97 Å². The number of aromatic nitrogens is 4. The molecule has 2 heterocycles. The molecule has 0 radical (unpaired) electrons. The summed E-state index contributed by atoms with van der Waals surface area (Å²) in [5.41, 5.74) is -0.879. The first-order valence-corrected chi connectivity index (χ1v) is 5.41. The number of rotatable bonds is 3. The van der Waals surface area contributed by atoms with Gasteiger partial charge >= 0.3 is 6.18 Å². The molecule has 0 N–H and O–H groups in total. The lowest BCUT2D eigenvalue weighted by Gasteiger charge is -2.17. The van der Waals surface area contributed by atoms with Crippen molar-refractivity contribution in [3.05, 3.63) is 30.2 Å². The summed E-state index contributed by atoms with van der Waals surface area (Å²) in [6.07, 6.45) is -1.10. The molecule has 6 nitrogen and oxygen atoms in total. The second kappa shape index (κ2) is 5.27. The van der Waals surface area contributed by atoms with Crippen molar-refractivity contribution in [2.75, 3.05) is 19.1 Å². The Hall–Kier alpha value is -2.45. The normalized spacial score (nSPS) is 11.2. The lowest BCUT2D eigenvalue weighted by Crippen LogP contribution is -2.16. The van der Waals surface area contributed by atoms with Crippen molar-refractivity contribution in [1.82, 2.24) is 20.2 Å². The fourth-order valence-electron chi connectivity index (χ4n) is 1.38. The molecule has 9 heteroatoms. The van der Waals surface area contributed by atoms with Gasteiger partial charge in [0.2, 0.25) is 5.88 Å². The maximum absolute atomic E-state index is 12.6. The summed E-state index contributed by atoms with van der Waals surface area (Å²) in [5, 5.41) is 7.00. The Kier molecular flexibility index (Phi) is 3.68. The van der Waals surface area contributed by atoms with Gasteiger partial charge in [0.05, 0.1) is 31.3 Å². The Labute approximate surface area is 112 Å². The van der Waals surface area contributed by atoms with Crippen LogP contribution in [0.4, 0.5) is 24.8 Å². The van der Waals surface area contributed by atoms with Crippen LogP contribution in [0.15, 0.2) is 24.7 Å². The van der Waals surface area contributed by atoms with Gasteiger partial charge in [-0.3, -0.25) is 0 Å². The standard InChI is InChI=1S/C11H10F3N5O/c1-19(9-5-16-10(20-2)6-15-9)8-3-7(4-17-18-8)11(12,13)14/h3-6H,1-2H3. The SMILES string of the molecule is COc1cnc(N(C)c2cc(C(F)(F)F)cnn2)cn1. The molecule has 0 aromatic carbocycles. The monoisotopic (exact) mass is 285 g/mol. The van der Waals surface area contributed by atoms with E-state index in [1.165, 1.54) is 31.5 Å². The highest BCUT2D eigenvalue weighted by molar-refractivity contribution is 5.54. The first-order valence-electron chi connectivity index (χ1n) is 5.41. The van der Waals surface area contributed by atoms with E-state index in [4.69, 9.17) is 4.74 Å². The summed E-state index contributed by atoms with van der Waals surface area (Å²) in [5.74, 6) is 0.635. The first kappa shape index (κ1) is 14.0. The van der Waals surface area contributed by atoms with Crippen LogP contribution < -0.4 is 9.64 Å². The molecule has 0 amide bonds. The lowest BCUT2D eigenvalue weighted by atomic mass is 10.3. The smallest absolute Gasteiger partial charge is 0.418 e. The van der Waals surface area contributed by atoms with E-state index in [0.29, 0.717) is 17.9 Å². The van der Waals surface area contributed by atoms with Gasteiger partial charge in [0.25, 0.3) is 0 Å².